The zero-order valence-electron chi connectivity index (χ0n) is 11.6. The number of halogens is 1. The van der Waals surface area contributed by atoms with Crippen LogP contribution in [0.1, 0.15) is 40.0 Å². The van der Waals surface area contributed by atoms with Gasteiger partial charge in [0.25, 0.3) is 0 Å². The molecule has 0 saturated heterocycles. The molecule has 1 nitrogen and oxygen atoms in total. The van der Waals surface area contributed by atoms with Crippen LogP contribution in [0.15, 0.2) is 28.7 Å². The standard InChI is InChI=1S/C16H24BrN/c1-11(2)13-9-8-12(3)10-16(13)18-15-7-5-4-6-14(15)17/h4-7,11-13,16,18H,8-10H2,1-3H3. The lowest BCUT2D eigenvalue weighted by Gasteiger charge is -2.38. The normalized spacial score (nSPS) is 28.4. The number of hydrogen-bond donors (Lipinski definition) is 1. The van der Waals surface area contributed by atoms with Gasteiger partial charge in [-0.05, 0) is 58.7 Å². The first-order chi connectivity index (χ1) is 8.58. The van der Waals surface area contributed by atoms with Gasteiger partial charge >= 0.3 is 0 Å². The van der Waals surface area contributed by atoms with Gasteiger partial charge in [0.2, 0.25) is 0 Å². The van der Waals surface area contributed by atoms with Crippen LogP contribution in [0.4, 0.5) is 5.69 Å². The molecule has 1 aliphatic carbocycles. The first kappa shape index (κ1) is 13.9. The number of nitrogens with one attached hydrogen (secondary N) is 1. The molecule has 1 aliphatic rings. The number of para-hydroxylation sites is 1. The molecule has 3 atom stereocenters. The van der Waals surface area contributed by atoms with Gasteiger partial charge in [0.15, 0.2) is 0 Å². The van der Waals surface area contributed by atoms with E-state index in [9.17, 15) is 0 Å². The van der Waals surface area contributed by atoms with Crippen LogP contribution in [0.25, 0.3) is 0 Å². The van der Waals surface area contributed by atoms with Crippen LogP contribution in [-0.4, -0.2) is 6.04 Å². The maximum absolute atomic E-state index is 3.76. The average Bonchev–Trinajstić information content (AvgIpc) is 2.32. The van der Waals surface area contributed by atoms with Crippen LogP contribution in [0, 0.1) is 17.8 Å². The predicted octanol–water partition coefficient (Wildman–Crippen LogP) is 5.32. The topological polar surface area (TPSA) is 12.0 Å². The van der Waals surface area contributed by atoms with Crippen LogP contribution < -0.4 is 5.32 Å². The van der Waals surface area contributed by atoms with Gasteiger partial charge in [0.05, 0.1) is 0 Å². The van der Waals surface area contributed by atoms with Crippen molar-refractivity contribution in [3.8, 4) is 0 Å². The molecule has 18 heavy (non-hydrogen) atoms. The van der Waals surface area contributed by atoms with E-state index in [1.54, 1.807) is 0 Å². The molecule has 1 aromatic carbocycles. The molecular weight excluding hydrogens is 286 g/mol. The molecule has 0 aromatic heterocycles. The Hall–Kier alpha value is -0.500. The highest BCUT2D eigenvalue weighted by molar-refractivity contribution is 9.10. The second kappa shape index (κ2) is 6.10. The fourth-order valence-corrected chi connectivity index (χ4v) is 3.55. The molecule has 0 bridgehead atoms. The molecule has 1 saturated carbocycles. The third-order valence-corrected chi connectivity index (χ3v) is 4.93. The van der Waals surface area contributed by atoms with E-state index in [0.717, 1.165) is 17.8 Å². The molecule has 0 amide bonds. The maximum atomic E-state index is 3.76. The zero-order valence-corrected chi connectivity index (χ0v) is 13.2. The van der Waals surface area contributed by atoms with Crippen molar-refractivity contribution in [1.82, 2.24) is 0 Å². The molecule has 2 heteroatoms. The Morgan fingerprint density at radius 1 is 1.22 bits per heavy atom. The zero-order chi connectivity index (χ0) is 13.1. The van der Waals surface area contributed by atoms with Crippen molar-refractivity contribution in [1.29, 1.82) is 0 Å². The summed E-state index contributed by atoms with van der Waals surface area (Å²) in [7, 11) is 0. The molecular formula is C16H24BrN. The largest absolute Gasteiger partial charge is 0.381 e. The van der Waals surface area contributed by atoms with Gasteiger partial charge in [0, 0.05) is 16.2 Å². The molecule has 2 rings (SSSR count). The SMILES string of the molecule is CC1CCC(C(C)C)C(Nc2ccccc2Br)C1. The van der Waals surface area contributed by atoms with Gasteiger partial charge in [-0.2, -0.15) is 0 Å². The fraction of sp³-hybridized carbons (Fsp3) is 0.625. The Kier molecular flexibility index (Phi) is 4.71. The number of anilines is 1. The lowest BCUT2D eigenvalue weighted by molar-refractivity contribution is 0.212. The lowest BCUT2D eigenvalue weighted by atomic mass is 9.74. The molecule has 3 unspecified atom stereocenters. The second-order valence-electron chi connectivity index (χ2n) is 6.06. The van der Waals surface area contributed by atoms with Crippen LogP contribution in [-0.2, 0) is 0 Å². The van der Waals surface area contributed by atoms with Crippen molar-refractivity contribution in [2.75, 3.05) is 5.32 Å². The van der Waals surface area contributed by atoms with Gasteiger partial charge in [-0.25, -0.2) is 0 Å². The average molecular weight is 310 g/mol. The van der Waals surface area contributed by atoms with E-state index < -0.39 is 0 Å². The predicted molar refractivity (Wildman–Crippen MR) is 82.9 cm³/mol. The summed E-state index contributed by atoms with van der Waals surface area (Å²) in [5, 5.41) is 3.76. The van der Waals surface area contributed by atoms with E-state index in [-0.39, 0.29) is 0 Å². The minimum atomic E-state index is 0.618. The van der Waals surface area contributed by atoms with Gasteiger partial charge in [-0.3, -0.25) is 0 Å². The van der Waals surface area contributed by atoms with Crippen molar-refractivity contribution < 1.29 is 0 Å². The van der Waals surface area contributed by atoms with E-state index in [1.807, 2.05) is 0 Å². The Bertz CT molecular complexity index is 388. The molecule has 1 fully saturated rings. The highest BCUT2D eigenvalue weighted by atomic mass is 79.9. The summed E-state index contributed by atoms with van der Waals surface area (Å²) < 4.78 is 1.17. The third-order valence-electron chi connectivity index (χ3n) is 4.24. The molecule has 0 spiro atoms. The Balaban J connectivity index is 2.11. The Morgan fingerprint density at radius 3 is 2.61 bits per heavy atom. The lowest BCUT2D eigenvalue weighted by Crippen LogP contribution is -2.37. The molecule has 1 aromatic rings. The first-order valence-electron chi connectivity index (χ1n) is 7.09. The number of benzene rings is 1. The quantitative estimate of drug-likeness (QED) is 0.796. The van der Waals surface area contributed by atoms with E-state index in [1.165, 1.54) is 29.4 Å². The van der Waals surface area contributed by atoms with Gasteiger partial charge < -0.3 is 5.32 Å². The molecule has 1 N–H and O–H groups in total. The Morgan fingerprint density at radius 2 is 1.94 bits per heavy atom. The summed E-state index contributed by atoms with van der Waals surface area (Å²) in [6, 6.07) is 9.06. The number of hydrogen-bond acceptors (Lipinski definition) is 1. The third kappa shape index (κ3) is 3.28. The van der Waals surface area contributed by atoms with Crippen molar-refractivity contribution >= 4 is 21.6 Å². The van der Waals surface area contributed by atoms with Gasteiger partial charge in [-0.15, -0.1) is 0 Å². The second-order valence-corrected chi connectivity index (χ2v) is 6.91. The summed E-state index contributed by atoms with van der Waals surface area (Å²) in [6.07, 6.45) is 4.04. The van der Waals surface area contributed by atoms with Gasteiger partial charge in [-0.1, -0.05) is 39.3 Å². The van der Waals surface area contributed by atoms with Gasteiger partial charge in [0.1, 0.15) is 0 Å². The summed E-state index contributed by atoms with van der Waals surface area (Å²) in [6.45, 7) is 7.09. The van der Waals surface area contributed by atoms with Crippen LogP contribution in [0.5, 0.6) is 0 Å². The minimum Gasteiger partial charge on any atom is -0.381 e. The van der Waals surface area contributed by atoms with E-state index in [4.69, 9.17) is 0 Å². The van der Waals surface area contributed by atoms with Crippen molar-refractivity contribution in [2.24, 2.45) is 17.8 Å². The van der Waals surface area contributed by atoms with Crippen LogP contribution >= 0.6 is 15.9 Å². The fourth-order valence-electron chi connectivity index (χ4n) is 3.15. The van der Waals surface area contributed by atoms with Crippen molar-refractivity contribution in [3.63, 3.8) is 0 Å². The highest BCUT2D eigenvalue weighted by Gasteiger charge is 2.30. The smallest absolute Gasteiger partial charge is 0.0486 e. The van der Waals surface area contributed by atoms with E-state index in [0.29, 0.717) is 6.04 Å². The van der Waals surface area contributed by atoms with Crippen molar-refractivity contribution in [3.05, 3.63) is 28.7 Å². The number of rotatable bonds is 3. The maximum Gasteiger partial charge on any atom is 0.0486 e. The molecule has 0 radical (unpaired) electrons. The summed E-state index contributed by atoms with van der Waals surface area (Å²) in [5.41, 5.74) is 1.24. The highest BCUT2D eigenvalue weighted by Crippen LogP contribution is 2.36. The summed E-state index contributed by atoms with van der Waals surface area (Å²) in [4.78, 5) is 0. The molecule has 100 valence electrons. The van der Waals surface area contributed by atoms with Crippen LogP contribution in [0.3, 0.4) is 0 Å². The molecule has 0 heterocycles. The summed E-state index contributed by atoms with van der Waals surface area (Å²) >= 11 is 3.63. The van der Waals surface area contributed by atoms with E-state index >= 15 is 0 Å². The van der Waals surface area contributed by atoms with Crippen LogP contribution in [0.2, 0.25) is 0 Å². The van der Waals surface area contributed by atoms with E-state index in [2.05, 4.69) is 66.3 Å². The monoisotopic (exact) mass is 309 g/mol. The van der Waals surface area contributed by atoms with Crippen molar-refractivity contribution in [2.45, 2.75) is 46.1 Å². The first-order valence-corrected chi connectivity index (χ1v) is 7.88. The molecule has 0 aliphatic heterocycles. The summed E-state index contributed by atoms with van der Waals surface area (Å²) in [5.74, 6) is 2.41. The minimum absolute atomic E-state index is 0.618. The Labute approximate surface area is 119 Å².